The molecule has 0 aliphatic rings. The lowest BCUT2D eigenvalue weighted by molar-refractivity contribution is -0.118. The number of carbonyl (C=O) groups is 1. The van der Waals surface area contributed by atoms with E-state index in [1.807, 2.05) is 20.8 Å². The Morgan fingerprint density at radius 1 is 0.943 bits per heavy atom. The molecule has 0 saturated heterocycles. The van der Waals surface area contributed by atoms with Crippen molar-refractivity contribution in [2.45, 2.75) is 37.0 Å². The minimum atomic E-state index is -3.62. The van der Waals surface area contributed by atoms with Crippen molar-refractivity contribution in [2.75, 3.05) is 43.1 Å². The average molecular weight is 538 g/mol. The Morgan fingerprint density at radius 2 is 1.57 bits per heavy atom. The Balaban J connectivity index is 1.87. The van der Waals surface area contributed by atoms with Crippen LogP contribution in [-0.4, -0.2) is 70.8 Å². The monoisotopic (exact) mass is 537 g/mol. The van der Waals surface area contributed by atoms with E-state index < -0.39 is 19.7 Å². The van der Waals surface area contributed by atoms with Gasteiger partial charge in [-0.2, -0.15) is 0 Å². The van der Waals surface area contributed by atoms with Crippen LogP contribution in [0.15, 0.2) is 52.3 Å². The molecule has 190 valence electrons. The van der Waals surface area contributed by atoms with E-state index in [-0.39, 0.29) is 27.9 Å². The van der Waals surface area contributed by atoms with Gasteiger partial charge in [-0.3, -0.25) is 9.69 Å². The Labute approximate surface area is 211 Å². The van der Waals surface area contributed by atoms with Crippen LogP contribution in [0.3, 0.4) is 0 Å². The van der Waals surface area contributed by atoms with E-state index >= 15 is 0 Å². The van der Waals surface area contributed by atoms with Gasteiger partial charge in [0, 0.05) is 25.8 Å². The largest absolute Gasteiger partial charge is 0.302 e. The van der Waals surface area contributed by atoms with Crippen LogP contribution < -0.4 is 4.90 Å². The highest BCUT2D eigenvalue weighted by molar-refractivity contribution is 7.91. The van der Waals surface area contributed by atoms with Crippen LogP contribution in [0, 0.1) is 6.92 Å². The first kappa shape index (κ1) is 27.3. The molecule has 11 heteroatoms. The van der Waals surface area contributed by atoms with Crippen molar-refractivity contribution in [3.05, 3.63) is 48.0 Å². The zero-order valence-electron chi connectivity index (χ0n) is 20.4. The molecule has 35 heavy (non-hydrogen) atoms. The number of aromatic nitrogens is 1. The number of thiazole rings is 1. The summed E-state index contributed by atoms with van der Waals surface area (Å²) in [6.07, 6.45) is 0.962. The quantitative estimate of drug-likeness (QED) is 0.368. The molecule has 0 aliphatic carbocycles. The molecule has 0 N–H and O–H groups in total. The molecule has 8 nitrogen and oxygen atoms in total. The van der Waals surface area contributed by atoms with E-state index in [1.165, 1.54) is 22.3 Å². The predicted octanol–water partition coefficient (Wildman–Crippen LogP) is 3.55. The third-order valence-corrected chi connectivity index (χ3v) is 9.69. The van der Waals surface area contributed by atoms with E-state index in [9.17, 15) is 21.6 Å². The van der Waals surface area contributed by atoms with Gasteiger partial charge >= 0.3 is 0 Å². The van der Waals surface area contributed by atoms with E-state index in [0.717, 1.165) is 24.9 Å². The van der Waals surface area contributed by atoms with Gasteiger partial charge < -0.3 is 4.90 Å². The molecular weight excluding hydrogens is 506 g/mol. The first-order valence-electron chi connectivity index (χ1n) is 11.4. The molecule has 0 radical (unpaired) electrons. The van der Waals surface area contributed by atoms with Crippen LogP contribution in [0.1, 0.15) is 25.8 Å². The van der Waals surface area contributed by atoms with E-state index in [4.69, 9.17) is 0 Å². The third-order valence-electron chi connectivity index (χ3n) is 5.81. The zero-order valence-corrected chi connectivity index (χ0v) is 22.8. The number of benzene rings is 2. The number of nitrogens with zero attached hydrogens (tertiary/aromatic N) is 3. The van der Waals surface area contributed by atoms with Gasteiger partial charge in [-0.15, -0.1) is 0 Å². The van der Waals surface area contributed by atoms with Crippen LogP contribution in [0.25, 0.3) is 10.2 Å². The minimum absolute atomic E-state index is 0.182. The number of sulfone groups is 2. The Bertz CT molecular complexity index is 1390. The molecule has 0 spiro atoms. The van der Waals surface area contributed by atoms with Crippen molar-refractivity contribution in [1.82, 2.24) is 9.88 Å². The topological polar surface area (TPSA) is 105 Å². The Hall–Kier alpha value is -2.34. The van der Waals surface area contributed by atoms with E-state index in [0.29, 0.717) is 28.4 Å². The molecule has 3 aromatic rings. The fourth-order valence-electron chi connectivity index (χ4n) is 3.57. The number of rotatable bonds is 11. The summed E-state index contributed by atoms with van der Waals surface area (Å²) in [4.78, 5) is 21.9. The van der Waals surface area contributed by atoms with Gasteiger partial charge in [0.05, 0.1) is 25.8 Å². The van der Waals surface area contributed by atoms with Crippen molar-refractivity contribution in [2.24, 2.45) is 0 Å². The van der Waals surface area contributed by atoms with Crippen molar-refractivity contribution in [1.29, 1.82) is 0 Å². The average Bonchev–Trinajstić information content (AvgIpc) is 3.23. The minimum Gasteiger partial charge on any atom is -0.302 e. The number of anilines is 1. The van der Waals surface area contributed by atoms with Gasteiger partial charge in [0.2, 0.25) is 5.91 Å². The molecule has 0 saturated carbocycles. The lowest BCUT2D eigenvalue weighted by Gasteiger charge is -2.24. The molecule has 0 unspecified atom stereocenters. The van der Waals surface area contributed by atoms with Gasteiger partial charge in [-0.05, 0) is 50.3 Å². The number of hydrogen-bond acceptors (Lipinski definition) is 8. The van der Waals surface area contributed by atoms with Crippen molar-refractivity contribution in [3.63, 3.8) is 0 Å². The van der Waals surface area contributed by atoms with Crippen molar-refractivity contribution >= 4 is 52.3 Å². The van der Waals surface area contributed by atoms with E-state index in [1.54, 1.807) is 36.4 Å². The number of aryl methyl sites for hydroxylation is 1. The normalized spacial score (nSPS) is 12.4. The molecule has 1 aromatic heterocycles. The van der Waals surface area contributed by atoms with Crippen LogP contribution in [0.4, 0.5) is 5.13 Å². The number of likely N-dealkylation sites (N-methyl/N-ethyl adjacent to an activating group) is 1. The summed E-state index contributed by atoms with van der Waals surface area (Å²) in [5, 5.41) is 0.426. The highest BCUT2D eigenvalue weighted by Gasteiger charge is 2.24. The summed E-state index contributed by atoms with van der Waals surface area (Å²) in [7, 11) is -7.00. The first-order chi connectivity index (χ1) is 16.4. The summed E-state index contributed by atoms with van der Waals surface area (Å²) < 4.78 is 50.1. The van der Waals surface area contributed by atoms with E-state index in [2.05, 4.69) is 9.88 Å². The predicted molar refractivity (Wildman–Crippen MR) is 141 cm³/mol. The van der Waals surface area contributed by atoms with Crippen LogP contribution in [0.2, 0.25) is 0 Å². The number of amides is 1. The highest BCUT2D eigenvalue weighted by atomic mass is 32.2. The van der Waals surface area contributed by atoms with Gasteiger partial charge in [0.1, 0.15) is 0 Å². The second-order valence-corrected chi connectivity index (χ2v) is 13.5. The molecule has 0 aliphatic heterocycles. The first-order valence-corrected chi connectivity index (χ1v) is 15.7. The number of carbonyl (C=O) groups excluding carboxylic acids is 1. The lowest BCUT2D eigenvalue weighted by Crippen LogP contribution is -2.39. The molecule has 0 bridgehead atoms. The summed E-state index contributed by atoms with van der Waals surface area (Å²) in [5.74, 6) is -0.644. The smallest absolute Gasteiger partial charge is 0.229 e. The maximum atomic E-state index is 13.3. The van der Waals surface area contributed by atoms with Crippen LogP contribution in [0.5, 0.6) is 0 Å². The SMILES string of the molecule is CCN(CC)CCN(C(=O)CCS(=O)(=O)c1ccc(C)cc1)c1nc2ccc(S(C)(=O)=O)cc2s1. The standard InChI is InChI=1S/C24H31N3O5S3/c1-5-26(6-2)14-15-27(23(28)13-16-35(31,32)19-9-7-18(3)8-10-19)24-25-21-12-11-20(34(4,29)30)17-22(21)33-24/h7-12,17H,5-6,13-16H2,1-4H3. The van der Waals surface area contributed by atoms with Crippen molar-refractivity contribution in [3.8, 4) is 0 Å². The fraction of sp³-hybridized carbons (Fsp3) is 0.417. The maximum absolute atomic E-state index is 13.3. The summed E-state index contributed by atoms with van der Waals surface area (Å²) in [6, 6.07) is 11.3. The van der Waals surface area contributed by atoms with Crippen molar-refractivity contribution < 1.29 is 21.6 Å². The zero-order chi connectivity index (χ0) is 25.8. The third kappa shape index (κ3) is 6.87. The van der Waals surface area contributed by atoms with Gasteiger partial charge in [-0.25, -0.2) is 21.8 Å². The maximum Gasteiger partial charge on any atom is 0.229 e. The second kappa shape index (κ2) is 11.2. The Morgan fingerprint density at radius 3 is 2.17 bits per heavy atom. The summed E-state index contributed by atoms with van der Waals surface area (Å²) in [5.41, 5.74) is 1.54. The summed E-state index contributed by atoms with van der Waals surface area (Å²) >= 11 is 1.22. The second-order valence-electron chi connectivity index (χ2n) is 8.35. The molecule has 1 amide bonds. The molecule has 0 atom stereocenters. The molecular formula is C24H31N3O5S3. The van der Waals surface area contributed by atoms with Gasteiger partial charge in [0.25, 0.3) is 0 Å². The fourth-order valence-corrected chi connectivity index (χ4v) is 6.57. The van der Waals surface area contributed by atoms with Crippen LogP contribution in [-0.2, 0) is 24.5 Å². The number of fused-ring (bicyclic) bond motifs is 1. The molecule has 3 rings (SSSR count). The summed E-state index contributed by atoms with van der Waals surface area (Å²) in [6.45, 7) is 8.54. The Kier molecular flexibility index (Phi) is 8.68. The molecule has 2 aromatic carbocycles. The van der Waals surface area contributed by atoms with Gasteiger partial charge in [-0.1, -0.05) is 42.9 Å². The van der Waals surface area contributed by atoms with Crippen LogP contribution >= 0.6 is 11.3 Å². The highest BCUT2D eigenvalue weighted by Crippen LogP contribution is 2.31. The molecule has 1 heterocycles. The number of hydrogen-bond donors (Lipinski definition) is 0. The molecule has 0 fully saturated rings. The lowest BCUT2D eigenvalue weighted by atomic mass is 10.2. The van der Waals surface area contributed by atoms with Gasteiger partial charge in [0.15, 0.2) is 24.8 Å².